The molecule has 2 aromatic rings. The van der Waals surface area contributed by atoms with Crippen LogP contribution < -0.4 is 20.4 Å². The number of rotatable bonds is 20. The van der Waals surface area contributed by atoms with E-state index in [1.54, 1.807) is 0 Å². The third kappa shape index (κ3) is 8.89. The Balaban J connectivity index is 2.77. The van der Waals surface area contributed by atoms with Gasteiger partial charge in [-0.3, -0.25) is 0 Å². The molecule has 0 atom stereocenters. The monoisotopic (exact) mass is 504 g/mol. The zero-order valence-corrected chi connectivity index (χ0v) is 22.9. The van der Waals surface area contributed by atoms with Gasteiger partial charge in [0.15, 0.2) is 11.6 Å². The molecule has 0 fully saturated rings. The van der Waals surface area contributed by atoms with E-state index in [-0.39, 0.29) is 13.2 Å². The van der Waals surface area contributed by atoms with Crippen molar-refractivity contribution in [1.29, 1.82) is 0 Å². The molecule has 204 valence electrons. The Labute approximate surface area is 216 Å². The van der Waals surface area contributed by atoms with Crippen molar-refractivity contribution in [2.24, 2.45) is 0 Å². The van der Waals surface area contributed by atoms with Crippen molar-refractivity contribution in [3.63, 3.8) is 0 Å². The van der Waals surface area contributed by atoms with Crippen molar-refractivity contribution in [3.05, 3.63) is 0 Å². The summed E-state index contributed by atoms with van der Waals surface area (Å²) in [4.78, 5) is 24.2. The fourth-order valence-electron chi connectivity index (χ4n) is 3.96. The van der Waals surface area contributed by atoms with Crippen molar-refractivity contribution in [3.8, 4) is 0 Å². The van der Waals surface area contributed by atoms with E-state index >= 15 is 0 Å². The van der Waals surface area contributed by atoms with Crippen molar-refractivity contribution >= 4 is 34.6 Å². The van der Waals surface area contributed by atoms with Gasteiger partial charge in [0.25, 0.3) is 0 Å². The maximum atomic E-state index is 9.42. The van der Waals surface area contributed by atoms with Crippen LogP contribution in [0.3, 0.4) is 0 Å². The fraction of sp³-hybridized carbons (Fsp3) is 0.769. The predicted molar refractivity (Wildman–Crippen MR) is 150 cm³/mol. The smallest absolute Gasteiger partial charge is 0.225 e. The van der Waals surface area contributed by atoms with Crippen LogP contribution in [0, 0.1) is 0 Å². The van der Waals surface area contributed by atoms with Gasteiger partial charge in [-0.2, -0.15) is 9.97 Å². The number of aromatic nitrogens is 4. The quantitative estimate of drug-likeness (QED) is 0.210. The molecule has 0 amide bonds. The van der Waals surface area contributed by atoms with Gasteiger partial charge < -0.3 is 30.6 Å². The first-order chi connectivity index (χ1) is 17.6. The number of nitrogens with zero attached hydrogens (tertiary/aromatic N) is 6. The fourth-order valence-corrected chi connectivity index (χ4v) is 3.96. The molecule has 2 heterocycles. The zero-order chi connectivity index (χ0) is 26.2. The summed E-state index contributed by atoms with van der Waals surface area (Å²) in [5.74, 6) is 2.56. The summed E-state index contributed by atoms with van der Waals surface area (Å²) in [6.45, 7) is 13.1. The summed E-state index contributed by atoms with van der Waals surface area (Å²) in [6.07, 6.45) is 8.59. The van der Waals surface area contributed by atoms with Crippen LogP contribution in [-0.2, 0) is 0 Å². The van der Waals surface area contributed by atoms with Gasteiger partial charge in [-0.05, 0) is 25.7 Å². The Morgan fingerprint density at radius 3 is 1.17 bits per heavy atom. The standard InChI is InChI=1S/C26H48N8O2/c1-5-9-15-33(16-10-6-2)23-21-22(30-25(31-23)27-13-19-35)24(32-26(29-21)28-14-20-36)34(17-11-7-3)18-12-8-4/h35-36H,5-20H2,1-4H3,(H,27,30,31)(H,28,29,32). The molecule has 0 bridgehead atoms. The van der Waals surface area contributed by atoms with Crippen molar-refractivity contribution in [2.45, 2.75) is 79.1 Å². The van der Waals surface area contributed by atoms with Crippen molar-refractivity contribution < 1.29 is 10.2 Å². The van der Waals surface area contributed by atoms with Crippen LogP contribution in [0.1, 0.15) is 79.1 Å². The Morgan fingerprint density at radius 1 is 0.556 bits per heavy atom. The van der Waals surface area contributed by atoms with Crippen LogP contribution in [0.2, 0.25) is 0 Å². The summed E-state index contributed by atoms with van der Waals surface area (Å²) in [5, 5.41) is 25.2. The molecule has 0 saturated carbocycles. The first-order valence-electron chi connectivity index (χ1n) is 13.9. The highest BCUT2D eigenvalue weighted by atomic mass is 16.3. The van der Waals surface area contributed by atoms with Gasteiger partial charge in [-0.1, -0.05) is 53.4 Å². The van der Waals surface area contributed by atoms with Gasteiger partial charge in [0.2, 0.25) is 11.9 Å². The van der Waals surface area contributed by atoms with Crippen LogP contribution >= 0.6 is 0 Å². The van der Waals surface area contributed by atoms with E-state index in [0.29, 0.717) is 25.0 Å². The average Bonchev–Trinajstić information content (AvgIpc) is 2.90. The van der Waals surface area contributed by atoms with E-state index in [0.717, 1.165) is 100 Å². The van der Waals surface area contributed by atoms with Crippen molar-refractivity contribution in [1.82, 2.24) is 19.9 Å². The van der Waals surface area contributed by atoms with E-state index < -0.39 is 0 Å². The maximum Gasteiger partial charge on any atom is 0.225 e. The lowest BCUT2D eigenvalue weighted by atomic mass is 10.2. The highest BCUT2D eigenvalue weighted by Gasteiger charge is 2.22. The van der Waals surface area contributed by atoms with E-state index in [4.69, 9.17) is 19.9 Å². The predicted octanol–water partition coefficient (Wildman–Crippen LogP) is 4.04. The number of hydrogen-bond donors (Lipinski definition) is 4. The average molecular weight is 505 g/mol. The molecule has 2 aromatic heterocycles. The van der Waals surface area contributed by atoms with Gasteiger partial charge >= 0.3 is 0 Å². The number of aliphatic hydroxyl groups is 2. The molecule has 4 N–H and O–H groups in total. The molecule has 2 rings (SSSR count). The summed E-state index contributed by atoms with van der Waals surface area (Å²) in [7, 11) is 0. The molecule has 0 aliphatic heterocycles. The number of anilines is 4. The lowest BCUT2D eigenvalue weighted by molar-refractivity contribution is 0.310. The summed E-state index contributed by atoms with van der Waals surface area (Å²) in [6, 6.07) is 0. The lowest BCUT2D eigenvalue weighted by Crippen LogP contribution is -2.30. The second kappa shape index (κ2) is 17.1. The van der Waals surface area contributed by atoms with Gasteiger partial charge in [-0.25, -0.2) is 9.97 Å². The summed E-state index contributed by atoms with van der Waals surface area (Å²) < 4.78 is 0. The Hall–Kier alpha value is -2.46. The van der Waals surface area contributed by atoms with Gasteiger partial charge in [-0.15, -0.1) is 0 Å². The summed E-state index contributed by atoms with van der Waals surface area (Å²) >= 11 is 0. The number of nitrogens with one attached hydrogen (secondary N) is 2. The van der Waals surface area contributed by atoms with Crippen LogP contribution in [0.25, 0.3) is 11.0 Å². The van der Waals surface area contributed by atoms with Crippen LogP contribution in [0.5, 0.6) is 0 Å². The molecule has 36 heavy (non-hydrogen) atoms. The Morgan fingerprint density at radius 2 is 0.889 bits per heavy atom. The topological polar surface area (TPSA) is 123 Å². The first-order valence-corrected chi connectivity index (χ1v) is 13.9. The highest BCUT2D eigenvalue weighted by molar-refractivity contribution is 5.95. The lowest BCUT2D eigenvalue weighted by Gasteiger charge is -2.28. The van der Waals surface area contributed by atoms with Gasteiger partial charge in [0.05, 0.1) is 13.2 Å². The Bertz CT molecular complexity index is 795. The third-order valence-electron chi connectivity index (χ3n) is 6.02. The Kier molecular flexibility index (Phi) is 14.1. The molecule has 0 aliphatic carbocycles. The molecular weight excluding hydrogens is 456 g/mol. The number of fused-ring (bicyclic) bond motifs is 1. The molecule has 0 radical (unpaired) electrons. The SMILES string of the molecule is CCCCN(CCCC)c1nc(NCCO)nc2c(N(CCCC)CCCC)nc(NCCO)nc12. The molecular formula is C26H48N8O2. The molecule has 0 aromatic carbocycles. The van der Waals surface area contributed by atoms with Crippen molar-refractivity contribution in [2.75, 3.05) is 72.9 Å². The zero-order valence-electron chi connectivity index (χ0n) is 22.9. The summed E-state index contributed by atoms with van der Waals surface area (Å²) in [5.41, 5.74) is 1.44. The van der Waals surface area contributed by atoms with E-state index in [2.05, 4.69) is 48.1 Å². The minimum Gasteiger partial charge on any atom is -0.395 e. The normalized spacial score (nSPS) is 11.2. The minimum atomic E-state index is -0.00138. The van der Waals surface area contributed by atoms with Gasteiger partial charge in [0, 0.05) is 39.3 Å². The highest BCUT2D eigenvalue weighted by Crippen LogP contribution is 2.32. The number of unbranched alkanes of at least 4 members (excludes halogenated alkanes) is 4. The number of aliphatic hydroxyl groups excluding tert-OH is 2. The molecule has 0 aliphatic rings. The molecule has 0 unspecified atom stereocenters. The van der Waals surface area contributed by atoms with Gasteiger partial charge in [0.1, 0.15) is 11.0 Å². The molecule has 10 heteroatoms. The van der Waals surface area contributed by atoms with E-state index in [1.807, 2.05) is 0 Å². The molecule has 10 nitrogen and oxygen atoms in total. The third-order valence-corrected chi connectivity index (χ3v) is 6.02. The maximum absolute atomic E-state index is 9.42. The van der Waals surface area contributed by atoms with Crippen LogP contribution in [0.15, 0.2) is 0 Å². The van der Waals surface area contributed by atoms with E-state index in [1.165, 1.54) is 0 Å². The van der Waals surface area contributed by atoms with Crippen LogP contribution in [-0.4, -0.2) is 82.6 Å². The second-order valence-corrected chi connectivity index (χ2v) is 9.13. The first kappa shape index (κ1) is 29.8. The second-order valence-electron chi connectivity index (χ2n) is 9.13. The number of hydrogen-bond acceptors (Lipinski definition) is 10. The molecule has 0 saturated heterocycles. The minimum absolute atomic E-state index is 0.00138. The molecule has 0 spiro atoms. The van der Waals surface area contributed by atoms with E-state index in [9.17, 15) is 10.2 Å². The largest absolute Gasteiger partial charge is 0.395 e. The van der Waals surface area contributed by atoms with Crippen LogP contribution in [0.4, 0.5) is 23.5 Å².